The van der Waals surface area contributed by atoms with E-state index < -0.39 is 21.8 Å². The lowest BCUT2D eigenvalue weighted by Gasteiger charge is -2.10. The zero-order valence-corrected chi connectivity index (χ0v) is 16.1. The highest BCUT2D eigenvalue weighted by atomic mass is 32.2. The van der Waals surface area contributed by atoms with Gasteiger partial charge in [-0.05, 0) is 35.9 Å². The smallest absolute Gasteiger partial charge is 0.267 e. The van der Waals surface area contributed by atoms with Gasteiger partial charge in [-0.1, -0.05) is 54.6 Å². The van der Waals surface area contributed by atoms with E-state index in [-0.39, 0.29) is 17.0 Å². The van der Waals surface area contributed by atoms with Crippen LogP contribution < -0.4 is 15.6 Å². The van der Waals surface area contributed by atoms with Crippen molar-refractivity contribution in [2.24, 2.45) is 0 Å². The lowest BCUT2D eigenvalue weighted by atomic mass is 10.2. The maximum Gasteiger partial charge on any atom is 0.269 e. The van der Waals surface area contributed by atoms with Crippen LogP contribution in [0.15, 0.2) is 89.8 Å². The van der Waals surface area contributed by atoms with Crippen LogP contribution in [0.25, 0.3) is 0 Å². The molecule has 0 saturated heterocycles. The summed E-state index contributed by atoms with van der Waals surface area (Å²) in [5.74, 6) is -1.11. The number of carbonyl (C=O) groups is 2. The van der Waals surface area contributed by atoms with Gasteiger partial charge in [0.25, 0.3) is 11.8 Å². The number of sulfonamides is 1. The van der Waals surface area contributed by atoms with Gasteiger partial charge in [0.2, 0.25) is 10.0 Å². The number of amides is 2. The minimum Gasteiger partial charge on any atom is -0.267 e. The van der Waals surface area contributed by atoms with E-state index in [9.17, 15) is 18.0 Å². The molecular weight excluding hydrogens is 390 g/mol. The van der Waals surface area contributed by atoms with Crippen molar-refractivity contribution in [2.75, 3.05) is 0 Å². The van der Waals surface area contributed by atoms with Gasteiger partial charge in [0.15, 0.2) is 0 Å². The molecule has 0 atom stereocenters. The molecule has 3 N–H and O–H groups in total. The molecule has 3 aromatic carbocycles. The highest BCUT2D eigenvalue weighted by molar-refractivity contribution is 7.89. The molecule has 148 valence electrons. The fraction of sp³-hybridized carbons (Fsp3) is 0.0476. The third-order valence-electron chi connectivity index (χ3n) is 4.04. The van der Waals surface area contributed by atoms with Gasteiger partial charge in [0.05, 0.1) is 4.90 Å². The standard InChI is InChI=1S/C21H19N3O4S/c25-20(17-10-5-2-6-11-17)23-24-21(26)18-12-7-13-19(14-18)29(27,28)22-15-16-8-3-1-4-9-16/h1-14,22H,15H2,(H,23,25)(H,24,26). The van der Waals surface area contributed by atoms with E-state index in [0.717, 1.165) is 5.56 Å². The molecular formula is C21H19N3O4S. The van der Waals surface area contributed by atoms with Crippen LogP contribution in [-0.4, -0.2) is 20.2 Å². The second kappa shape index (κ2) is 9.13. The Kier molecular flexibility index (Phi) is 6.38. The molecule has 0 spiro atoms. The van der Waals surface area contributed by atoms with Crippen molar-refractivity contribution in [1.29, 1.82) is 0 Å². The normalized spacial score (nSPS) is 10.9. The SMILES string of the molecule is O=C(NNC(=O)c1cccc(S(=O)(=O)NCc2ccccc2)c1)c1ccccc1. The molecule has 0 fully saturated rings. The predicted molar refractivity (Wildman–Crippen MR) is 108 cm³/mol. The third-order valence-corrected chi connectivity index (χ3v) is 5.44. The van der Waals surface area contributed by atoms with E-state index in [2.05, 4.69) is 15.6 Å². The van der Waals surface area contributed by atoms with E-state index in [0.29, 0.717) is 5.56 Å². The lowest BCUT2D eigenvalue weighted by Crippen LogP contribution is -2.41. The van der Waals surface area contributed by atoms with Gasteiger partial charge in [-0.25, -0.2) is 13.1 Å². The minimum absolute atomic E-state index is 0.0459. The number of hydrogen-bond donors (Lipinski definition) is 3. The summed E-state index contributed by atoms with van der Waals surface area (Å²) < 4.78 is 27.5. The first-order valence-corrected chi connectivity index (χ1v) is 10.2. The van der Waals surface area contributed by atoms with Gasteiger partial charge >= 0.3 is 0 Å². The number of carbonyl (C=O) groups excluding carboxylic acids is 2. The summed E-state index contributed by atoms with van der Waals surface area (Å²) in [4.78, 5) is 24.2. The number of benzene rings is 3. The Bertz CT molecular complexity index is 1100. The van der Waals surface area contributed by atoms with Crippen LogP contribution in [0.5, 0.6) is 0 Å². The largest absolute Gasteiger partial charge is 0.269 e. The van der Waals surface area contributed by atoms with Crippen LogP contribution in [0, 0.1) is 0 Å². The van der Waals surface area contributed by atoms with Gasteiger partial charge in [0.1, 0.15) is 0 Å². The Morgan fingerprint density at radius 3 is 1.90 bits per heavy atom. The highest BCUT2D eigenvalue weighted by Crippen LogP contribution is 2.12. The van der Waals surface area contributed by atoms with Crippen LogP contribution in [0.1, 0.15) is 26.3 Å². The first-order valence-electron chi connectivity index (χ1n) is 8.75. The van der Waals surface area contributed by atoms with Crippen LogP contribution in [0.2, 0.25) is 0 Å². The molecule has 0 bridgehead atoms. The van der Waals surface area contributed by atoms with E-state index in [1.807, 2.05) is 30.3 Å². The average molecular weight is 409 g/mol. The third kappa shape index (κ3) is 5.50. The Morgan fingerprint density at radius 2 is 1.24 bits per heavy atom. The van der Waals surface area contributed by atoms with Crippen molar-refractivity contribution < 1.29 is 18.0 Å². The Morgan fingerprint density at radius 1 is 0.690 bits per heavy atom. The summed E-state index contributed by atoms with van der Waals surface area (Å²) in [6, 6.07) is 23.0. The van der Waals surface area contributed by atoms with Crippen molar-refractivity contribution in [3.63, 3.8) is 0 Å². The molecule has 3 aromatic rings. The van der Waals surface area contributed by atoms with E-state index in [4.69, 9.17) is 0 Å². The summed E-state index contributed by atoms with van der Waals surface area (Å²) >= 11 is 0. The van der Waals surface area contributed by atoms with Crippen molar-refractivity contribution in [1.82, 2.24) is 15.6 Å². The maximum absolute atomic E-state index is 12.5. The van der Waals surface area contributed by atoms with Crippen molar-refractivity contribution in [3.05, 3.63) is 102 Å². The Balaban J connectivity index is 1.65. The second-order valence-corrected chi connectivity index (χ2v) is 7.88. The molecule has 0 aliphatic rings. The van der Waals surface area contributed by atoms with Crippen molar-refractivity contribution in [3.8, 4) is 0 Å². The Labute approximate surface area is 168 Å². The first kappa shape index (κ1) is 20.2. The fourth-order valence-electron chi connectivity index (χ4n) is 2.51. The maximum atomic E-state index is 12.5. The van der Waals surface area contributed by atoms with Crippen LogP contribution in [0.4, 0.5) is 0 Å². The van der Waals surface area contributed by atoms with Crippen LogP contribution >= 0.6 is 0 Å². The van der Waals surface area contributed by atoms with Crippen molar-refractivity contribution >= 4 is 21.8 Å². The monoisotopic (exact) mass is 409 g/mol. The molecule has 7 nitrogen and oxygen atoms in total. The fourth-order valence-corrected chi connectivity index (χ4v) is 3.57. The van der Waals surface area contributed by atoms with Gasteiger partial charge < -0.3 is 0 Å². The molecule has 0 heterocycles. The number of nitrogens with one attached hydrogen (secondary N) is 3. The quantitative estimate of drug-likeness (QED) is 0.543. The molecule has 0 unspecified atom stereocenters. The van der Waals surface area contributed by atoms with Gasteiger partial charge in [-0.15, -0.1) is 0 Å². The van der Waals surface area contributed by atoms with E-state index >= 15 is 0 Å². The number of hydrazine groups is 1. The zero-order valence-electron chi connectivity index (χ0n) is 15.3. The topological polar surface area (TPSA) is 104 Å². The van der Waals surface area contributed by atoms with Crippen LogP contribution in [-0.2, 0) is 16.6 Å². The predicted octanol–water partition coefficient (Wildman–Crippen LogP) is 2.24. The summed E-state index contributed by atoms with van der Waals surface area (Å²) in [5, 5.41) is 0. The molecule has 8 heteroatoms. The molecule has 29 heavy (non-hydrogen) atoms. The average Bonchev–Trinajstić information content (AvgIpc) is 2.77. The van der Waals surface area contributed by atoms with E-state index in [1.165, 1.54) is 24.3 Å². The molecule has 0 aromatic heterocycles. The highest BCUT2D eigenvalue weighted by Gasteiger charge is 2.16. The van der Waals surface area contributed by atoms with E-state index in [1.54, 1.807) is 30.3 Å². The summed E-state index contributed by atoms with van der Waals surface area (Å²) in [5.41, 5.74) is 5.87. The molecule has 0 radical (unpaired) electrons. The number of rotatable bonds is 6. The molecule has 2 amide bonds. The van der Waals surface area contributed by atoms with Crippen LogP contribution in [0.3, 0.4) is 0 Å². The summed E-state index contributed by atoms with van der Waals surface area (Å²) in [6.45, 7) is 0.132. The van der Waals surface area contributed by atoms with Gasteiger partial charge in [0, 0.05) is 17.7 Å². The second-order valence-electron chi connectivity index (χ2n) is 6.11. The molecule has 0 aliphatic heterocycles. The minimum atomic E-state index is -3.81. The molecule has 0 aliphatic carbocycles. The Hall–Kier alpha value is -3.49. The molecule has 0 saturated carbocycles. The van der Waals surface area contributed by atoms with Gasteiger partial charge in [-0.2, -0.15) is 0 Å². The van der Waals surface area contributed by atoms with Gasteiger partial charge in [-0.3, -0.25) is 20.4 Å². The number of hydrogen-bond acceptors (Lipinski definition) is 4. The first-order chi connectivity index (χ1) is 14.0. The lowest BCUT2D eigenvalue weighted by molar-refractivity contribution is 0.0846. The zero-order chi connectivity index (χ0) is 20.7. The van der Waals surface area contributed by atoms with Crippen molar-refractivity contribution in [2.45, 2.75) is 11.4 Å². The summed E-state index contributed by atoms with van der Waals surface area (Å²) in [6.07, 6.45) is 0. The molecule has 3 rings (SSSR count). The summed E-state index contributed by atoms with van der Waals surface area (Å²) in [7, 11) is -3.81.